The Morgan fingerprint density at radius 2 is 2.29 bits per heavy atom. The van der Waals surface area contributed by atoms with Gasteiger partial charge in [0, 0.05) is 6.92 Å². The van der Waals surface area contributed by atoms with Crippen LogP contribution in [0.4, 0.5) is 0 Å². The van der Waals surface area contributed by atoms with Gasteiger partial charge < -0.3 is 34.9 Å². The number of carbonyl (C=O) groups excluding carboxylic acids is 1. The highest BCUT2D eigenvalue weighted by Crippen LogP contribution is 1.72. The largest absolute Gasteiger partial charge is 0.683 e. The highest BCUT2D eigenvalue weighted by atomic mass is 32.1. The molecule has 0 saturated heterocycles. The second-order valence-corrected chi connectivity index (χ2v) is 1.45. The third-order valence-corrected chi connectivity index (χ3v) is 1.02. The van der Waals surface area contributed by atoms with Gasteiger partial charge in [0.05, 0.1) is 0 Å². The smallest absolute Gasteiger partial charge is 0.209 e. The Bertz CT molecular complexity index is 76.1. The van der Waals surface area contributed by atoms with Crippen molar-refractivity contribution in [3.05, 3.63) is 0 Å². The van der Waals surface area contributed by atoms with E-state index in [9.17, 15) is 4.79 Å². The Hall–Kier alpha value is 0.130. The molecule has 3 nitrogen and oxygen atoms in total. The standard InChI is InChI=1S/C2H4N2OS2/c1-2(5)4(7)3-6/h3H,1H3/q-2. The molecule has 0 saturated carbocycles. The van der Waals surface area contributed by atoms with E-state index in [4.69, 9.17) is 0 Å². The van der Waals surface area contributed by atoms with Crippen molar-refractivity contribution in [2.45, 2.75) is 6.92 Å². The molecule has 0 aromatic carbocycles. The molecule has 0 heterocycles. The van der Waals surface area contributed by atoms with Gasteiger partial charge in [0.15, 0.2) is 0 Å². The molecule has 0 fully saturated rings. The minimum atomic E-state index is -0.273. The molecule has 0 radical (unpaired) electrons. The first-order chi connectivity index (χ1) is 3.18. The Morgan fingerprint density at radius 1 is 1.86 bits per heavy atom. The fourth-order valence-electron chi connectivity index (χ4n) is 0.0643. The summed E-state index contributed by atoms with van der Waals surface area (Å²) in [5, 5.41) is 0. The first-order valence-electron chi connectivity index (χ1n) is 1.54. The summed E-state index contributed by atoms with van der Waals surface area (Å²) in [7, 11) is 0. The molecule has 0 unspecified atom stereocenters. The van der Waals surface area contributed by atoms with Gasteiger partial charge in [-0.2, -0.15) is 0 Å². The van der Waals surface area contributed by atoms with E-state index in [1.807, 2.05) is 4.83 Å². The molecule has 42 valence electrons. The summed E-state index contributed by atoms with van der Waals surface area (Å²) in [5.74, 6) is -0.273. The van der Waals surface area contributed by atoms with Gasteiger partial charge in [-0.05, 0) is 0 Å². The third kappa shape index (κ3) is 2.78. The molecule has 1 N–H and O–H groups in total. The molecule has 0 aliphatic rings. The highest BCUT2D eigenvalue weighted by molar-refractivity contribution is 7.60. The van der Waals surface area contributed by atoms with Crippen molar-refractivity contribution in [2.24, 2.45) is 0 Å². The van der Waals surface area contributed by atoms with Crippen LogP contribution in [0.3, 0.4) is 0 Å². The van der Waals surface area contributed by atoms with Crippen molar-refractivity contribution in [3.63, 3.8) is 0 Å². The van der Waals surface area contributed by atoms with Crippen molar-refractivity contribution in [1.29, 1.82) is 0 Å². The predicted octanol–water partition coefficient (Wildman–Crippen LogP) is -0.737. The van der Waals surface area contributed by atoms with Crippen LogP contribution in [-0.4, -0.2) is 10.3 Å². The van der Waals surface area contributed by atoms with Gasteiger partial charge in [0.1, 0.15) is 0 Å². The van der Waals surface area contributed by atoms with Crippen molar-refractivity contribution in [1.82, 2.24) is 9.25 Å². The van der Waals surface area contributed by atoms with Crippen LogP contribution in [-0.2, 0) is 30.4 Å². The van der Waals surface area contributed by atoms with Gasteiger partial charge in [-0.1, -0.05) is 0 Å². The molecule has 0 spiro atoms. The van der Waals surface area contributed by atoms with E-state index in [-0.39, 0.29) is 5.91 Å². The maximum absolute atomic E-state index is 10.1. The van der Waals surface area contributed by atoms with Crippen LogP contribution in [0.5, 0.6) is 0 Å². The van der Waals surface area contributed by atoms with Crippen LogP contribution in [0.15, 0.2) is 0 Å². The van der Waals surface area contributed by atoms with Gasteiger partial charge in [-0.25, -0.2) is 0 Å². The maximum Gasteiger partial charge on any atom is 0.209 e. The molecule has 0 aliphatic heterocycles. The van der Waals surface area contributed by atoms with Crippen molar-refractivity contribution < 1.29 is 4.79 Å². The number of nitrogens with zero attached hydrogens (tertiary/aromatic N) is 1. The van der Waals surface area contributed by atoms with Gasteiger partial charge in [0.25, 0.3) is 0 Å². The molecule has 7 heavy (non-hydrogen) atoms. The van der Waals surface area contributed by atoms with Crippen LogP contribution >= 0.6 is 0 Å². The molecule has 1 amide bonds. The minimum absolute atomic E-state index is 0.273. The summed E-state index contributed by atoms with van der Waals surface area (Å²) >= 11 is 8.53. The summed E-state index contributed by atoms with van der Waals surface area (Å²) in [4.78, 5) is 12.1. The summed E-state index contributed by atoms with van der Waals surface area (Å²) < 4.78 is 0.801. The SMILES string of the molecule is CC(=O)N([S-])N[S-]. The van der Waals surface area contributed by atoms with Crippen molar-refractivity contribution in [3.8, 4) is 0 Å². The lowest BCUT2D eigenvalue weighted by Gasteiger charge is -2.32. The molecular weight excluding hydrogens is 132 g/mol. The fourth-order valence-corrected chi connectivity index (χ4v) is 0.193. The van der Waals surface area contributed by atoms with Crippen LogP contribution in [0, 0.1) is 0 Å². The van der Waals surface area contributed by atoms with Gasteiger partial charge in [0.2, 0.25) is 5.91 Å². The molecule has 0 aromatic heterocycles. The summed E-state index contributed by atoms with van der Waals surface area (Å²) in [5.41, 5.74) is 0. The molecule has 0 atom stereocenters. The van der Waals surface area contributed by atoms with Crippen LogP contribution in [0.25, 0.3) is 0 Å². The number of hydrogen-bond donors (Lipinski definition) is 1. The van der Waals surface area contributed by atoms with Crippen molar-refractivity contribution >= 4 is 31.5 Å². The van der Waals surface area contributed by atoms with Gasteiger partial charge in [-0.3, -0.25) is 4.79 Å². The van der Waals surface area contributed by atoms with Crippen LogP contribution < -0.4 is 4.83 Å². The third-order valence-electron chi connectivity index (χ3n) is 0.369. The molecule has 5 heteroatoms. The fraction of sp³-hybridized carbons (Fsp3) is 0.500. The quantitative estimate of drug-likeness (QED) is 0.380. The van der Waals surface area contributed by atoms with E-state index < -0.39 is 0 Å². The minimum Gasteiger partial charge on any atom is -0.683 e. The van der Waals surface area contributed by atoms with Crippen LogP contribution in [0.1, 0.15) is 6.92 Å². The van der Waals surface area contributed by atoms with E-state index in [0.29, 0.717) is 0 Å². The zero-order chi connectivity index (χ0) is 5.86. The number of carbonyl (C=O) groups is 1. The highest BCUT2D eigenvalue weighted by Gasteiger charge is 1.80. The lowest BCUT2D eigenvalue weighted by Crippen LogP contribution is -2.32. The normalized spacial score (nSPS) is 8.43. The number of nitrogens with one attached hydrogen (secondary N) is 1. The maximum atomic E-state index is 10.1. The van der Waals surface area contributed by atoms with Gasteiger partial charge in [-0.15, -0.1) is 0 Å². The van der Waals surface area contributed by atoms with E-state index >= 15 is 0 Å². The monoisotopic (exact) mass is 136 g/mol. The van der Waals surface area contributed by atoms with Crippen molar-refractivity contribution in [2.75, 3.05) is 0 Å². The number of rotatable bonds is 1. The second-order valence-electron chi connectivity index (χ2n) is 0.905. The molecule has 0 rings (SSSR count). The average molecular weight is 136 g/mol. The van der Waals surface area contributed by atoms with E-state index in [1.165, 1.54) is 6.92 Å². The van der Waals surface area contributed by atoms with E-state index in [2.05, 4.69) is 25.6 Å². The van der Waals surface area contributed by atoms with Gasteiger partial charge >= 0.3 is 0 Å². The topological polar surface area (TPSA) is 32.3 Å². The van der Waals surface area contributed by atoms with E-state index in [1.54, 1.807) is 0 Å². The second kappa shape index (κ2) is 3.17. The Morgan fingerprint density at radius 3 is 2.29 bits per heavy atom. The molecule has 0 aromatic rings. The number of hydrogen-bond acceptors (Lipinski definition) is 4. The van der Waals surface area contributed by atoms with E-state index in [0.717, 1.165) is 4.41 Å². The number of hydrazine groups is 1. The summed E-state index contributed by atoms with van der Waals surface area (Å²) in [6.07, 6.45) is 0. The molecule has 0 aliphatic carbocycles. The lowest BCUT2D eigenvalue weighted by atomic mass is 10.8. The summed E-state index contributed by atoms with van der Waals surface area (Å²) in [6.45, 7) is 1.33. The first-order valence-corrected chi connectivity index (χ1v) is 2.31. The number of amides is 1. The van der Waals surface area contributed by atoms with Crippen LogP contribution in [0.2, 0.25) is 0 Å². The Kier molecular flexibility index (Phi) is 3.23. The Labute approximate surface area is 53.1 Å². The molecule has 0 bridgehead atoms. The first kappa shape index (κ1) is 7.13. The predicted molar refractivity (Wildman–Crippen MR) is 30.4 cm³/mol. The molecular formula is C2H4N2OS2-2. The zero-order valence-corrected chi connectivity index (χ0v) is 5.30. The zero-order valence-electron chi connectivity index (χ0n) is 3.67. The summed E-state index contributed by atoms with van der Waals surface area (Å²) in [6, 6.07) is 0. The lowest BCUT2D eigenvalue weighted by molar-refractivity contribution is -0.124. The average Bonchev–Trinajstić information content (AvgIpc) is 1.65. The Balaban J connectivity index is 3.34.